The van der Waals surface area contributed by atoms with Crippen molar-refractivity contribution < 1.29 is 4.42 Å². The highest BCUT2D eigenvalue weighted by molar-refractivity contribution is 6.26. The van der Waals surface area contributed by atoms with Crippen molar-refractivity contribution in [1.29, 1.82) is 0 Å². The molecule has 5 heteroatoms. The van der Waals surface area contributed by atoms with Gasteiger partial charge < -0.3 is 4.42 Å². The van der Waals surface area contributed by atoms with E-state index in [2.05, 4.69) is 97.1 Å². The molecule has 238 valence electrons. The zero-order valence-electron chi connectivity index (χ0n) is 27.4. The topological polar surface area (TPSA) is 64.7 Å². The highest BCUT2D eigenvalue weighted by Crippen LogP contribution is 2.39. The molecule has 0 atom stereocenters. The van der Waals surface area contributed by atoms with Crippen molar-refractivity contribution in [2.75, 3.05) is 0 Å². The van der Waals surface area contributed by atoms with Crippen LogP contribution >= 0.6 is 0 Å². The Morgan fingerprint density at radius 3 is 1.47 bits per heavy atom. The monoisotopic (exact) mass is 652 g/mol. The Morgan fingerprint density at radius 2 is 0.804 bits per heavy atom. The molecule has 2 aromatic heterocycles. The Bertz CT molecular complexity index is 2890. The molecule has 0 amide bonds. The minimum absolute atomic E-state index is 0.618. The maximum absolute atomic E-state index is 6.52. The van der Waals surface area contributed by atoms with Gasteiger partial charge in [0.25, 0.3) is 0 Å². The van der Waals surface area contributed by atoms with Gasteiger partial charge in [-0.05, 0) is 56.9 Å². The summed E-state index contributed by atoms with van der Waals surface area (Å²) in [7, 11) is 0. The van der Waals surface area contributed by atoms with E-state index >= 15 is 0 Å². The molecule has 0 saturated heterocycles. The summed E-state index contributed by atoms with van der Waals surface area (Å²) >= 11 is 0. The summed E-state index contributed by atoms with van der Waals surface area (Å²) in [4.78, 5) is 19.9. The average Bonchev–Trinajstić information content (AvgIpc) is 3.66. The number of rotatable bonds is 5. The Morgan fingerprint density at radius 1 is 0.333 bits per heavy atom. The van der Waals surface area contributed by atoms with Gasteiger partial charge in [-0.1, -0.05) is 146 Å². The van der Waals surface area contributed by atoms with Gasteiger partial charge in [-0.3, -0.25) is 0 Å². The third kappa shape index (κ3) is 5.11. The third-order valence-electron chi connectivity index (χ3n) is 9.53. The van der Waals surface area contributed by atoms with Crippen LogP contribution in [0.4, 0.5) is 0 Å². The van der Waals surface area contributed by atoms with E-state index in [1.165, 1.54) is 5.56 Å². The van der Waals surface area contributed by atoms with E-state index in [1.54, 1.807) is 0 Å². The highest BCUT2D eigenvalue weighted by Gasteiger charge is 2.17. The molecule has 0 bridgehead atoms. The number of hydrogen-bond acceptors (Lipinski definition) is 5. The lowest BCUT2D eigenvalue weighted by Crippen LogP contribution is -2.00. The lowest BCUT2D eigenvalue weighted by molar-refractivity contribution is 0.623. The number of aromatic nitrogens is 4. The maximum atomic E-state index is 6.52. The minimum atomic E-state index is 0.618. The summed E-state index contributed by atoms with van der Waals surface area (Å²) in [5.41, 5.74) is 7.68. The summed E-state index contributed by atoms with van der Waals surface area (Å²) in [5, 5.41) is 6.66. The summed E-state index contributed by atoms with van der Waals surface area (Å²) in [5.74, 6) is 2.50. The molecule has 0 fully saturated rings. The van der Waals surface area contributed by atoms with Crippen molar-refractivity contribution in [3.05, 3.63) is 170 Å². The van der Waals surface area contributed by atoms with Crippen molar-refractivity contribution >= 4 is 43.4 Å². The van der Waals surface area contributed by atoms with Crippen LogP contribution in [-0.4, -0.2) is 19.9 Å². The number of nitrogens with zero attached hydrogens (tertiary/aromatic N) is 4. The molecule has 2 heterocycles. The van der Waals surface area contributed by atoms with Gasteiger partial charge in [0, 0.05) is 33.0 Å². The number of fused-ring (bicyclic) bond motifs is 7. The molecular weight excluding hydrogens is 625 g/mol. The smallest absolute Gasteiger partial charge is 0.227 e. The van der Waals surface area contributed by atoms with Crippen molar-refractivity contribution in [2.45, 2.75) is 0 Å². The second kappa shape index (κ2) is 11.9. The van der Waals surface area contributed by atoms with Crippen LogP contribution in [0.15, 0.2) is 174 Å². The van der Waals surface area contributed by atoms with Crippen LogP contribution in [0, 0.1) is 0 Å². The zero-order chi connectivity index (χ0) is 33.7. The minimum Gasteiger partial charge on any atom is -0.435 e. The molecule has 8 aromatic carbocycles. The van der Waals surface area contributed by atoms with Gasteiger partial charge in [0.15, 0.2) is 23.1 Å². The Kier molecular flexibility index (Phi) is 6.74. The van der Waals surface area contributed by atoms with Crippen LogP contribution in [0.25, 0.3) is 100 Å². The summed E-state index contributed by atoms with van der Waals surface area (Å²) < 4.78 is 6.52. The Hall–Kier alpha value is -6.98. The second-order valence-corrected chi connectivity index (χ2v) is 12.7. The van der Waals surface area contributed by atoms with Gasteiger partial charge in [0.05, 0.1) is 0 Å². The summed E-state index contributed by atoms with van der Waals surface area (Å²) in [6.07, 6.45) is 0. The number of benzene rings is 8. The molecule has 0 unspecified atom stereocenters. The normalized spacial score (nSPS) is 11.5. The van der Waals surface area contributed by atoms with E-state index in [1.807, 2.05) is 72.8 Å². The molecule has 0 saturated carbocycles. The van der Waals surface area contributed by atoms with Crippen LogP contribution in [0.1, 0.15) is 0 Å². The van der Waals surface area contributed by atoms with E-state index < -0.39 is 0 Å². The number of oxazole rings is 1. The van der Waals surface area contributed by atoms with Crippen LogP contribution < -0.4 is 0 Å². The molecule has 10 rings (SSSR count). The summed E-state index contributed by atoms with van der Waals surface area (Å²) in [6.45, 7) is 0. The first kappa shape index (κ1) is 29.0. The van der Waals surface area contributed by atoms with Crippen LogP contribution in [0.2, 0.25) is 0 Å². The average molecular weight is 653 g/mol. The van der Waals surface area contributed by atoms with Crippen molar-refractivity contribution in [3.63, 3.8) is 0 Å². The van der Waals surface area contributed by atoms with E-state index in [0.29, 0.717) is 23.4 Å². The quantitative estimate of drug-likeness (QED) is 0.173. The molecule has 0 aliphatic heterocycles. The fourth-order valence-corrected chi connectivity index (χ4v) is 6.98. The largest absolute Gasteiger partial charge is 0.435 e. The second-order valence-electron chi connectivity index (χ2n) is 12.7. The van der Waals surface area contributed by atoms with Gasteiger partial charge >= 0.3 is 0 Å². The third-order valence-corrected chi connectivity index (χ3v) is 9.53. The van der Waals surface area contributed by atoms with E-state index in [-0.39, 0.29) is 0 Å². The van der Waals surface area contributed by atoms with Crippen LogP contribution in [0.5, 0.6) is 0 Å². The standard InChI is InChI=1S/C46H28N4O/c1-4-10-29(11-5-1)30-16-21-34(22-17-30)44-48-43(33-12-6-2-7-13-33)49-45(50-44)37-24-26-38-36(28-37)23-20-31-18-19-32-25-27-39-42(41(32)40(31)38)51-46(47-39)35-14-8-3-9-15-35/h1-28H. The Balaban J connectivity index is 1.13. The van der Waals surface area contributed by atoms with Gasteiger partial charge in [0.2, 0.25) is 5.89 Å². The first-order valence-corrected chi connectivity index (χ1v) is 17.0. The lowest BCUT2D eigenvalue weighted by atomic mass is 9.95. The van der Waals surface area contributed by atoms with Gasteiger partial charge in [-0.15, -0.1) is 0 Å². The van der Waals surface area contributed by atoms with Crippen LogP contribution in [0.3, 0.4) is 0 Å². The van der Waals surface area contributed by atoms with Gasteiger partial charge in [-0.25, -0.2) is 19.9 Å². The van der Waals surface area contributed by atoms with Crippen molar-refractivity contribution in [3.8, 4) is 56.7 Å². The predicted molar refractivity (Wildman–Crippen MR) is 207 cm³/mol. The SMILES string of the molecule is c1ccc(-c2ccc(-c3nc(-c4ccccc4)nc(-c4ccc5c(ccc6ccc7ccc8nc(-c9ccccc9)oc8c7c65)c4)n3)cc2)cc1. The number of hydrogen-bond donors (Lipinski definition) is 0. The van der Waals surface area contributed by atoms with Crippen molar-refractivity contribution in [1.82, 2.24) is 19.9 Å². The first-order chi connectivity index (χ1) is 25.2. The maximum Gasteiger partial charge on any atom is 0.227 e. The zero-order valence-corrected chi connectivity index (χ0v) is 27.4. The molecule has 0 radical (unpaired) electrons. The van der Waals surface area contributed by atoms with E-state index in [4.69, 9.17) is 24.4 Å². The van der Waals surface area contributed by atoms with E-state index in [0.717, 1.165) is 71.2 Å². The fraction of sp³-hybridized carbons (Fsp3) is 0. The highest BCUT2D eigenvalue weighted by atomic mass is 16.3. The molecule has 10 aromatic rings. The molecule has 0 aliphatic rings. The summed E-state index contributed by atoms with van der Waals surface area (Å²) in [6, 6.07) is 58.3. The molecule has 0 spiro atoms. The fourth-order valence-electron chi connectivity index (χ4n) is 6.98. The van der Waals surface area contributed by atoms with Gasteiger partial charge in [-0.2, -0.15) is 0 Å². The van der Waals surface area contributed by atoms with Gasteiger partial charge in [0.1, 0.15) is 5.52 Å². The first-order valence-electron chi connectivity index (χ1n) is 17.0. The molecule has 5 nitrogen and oxygen atoms in total. The van der Waals surface area contributed by atoms with E-state index in [9.17, 15) is 0 Å². The molecule has 0 aliphatic carbocycles. The van der Waals surface area contributed by atoms with Crippen LogP contribution in [-0.2, 0) is 0 Å². The molecule has 51 heavy (non-hydrogen) atoms. The lowest BCUT2D eigenvalue weighted by Gasteiger charge is -2.11. The predicted octanol–water partition coefficient (Wildman–Crippen LogP) is 11.8. The molecule has 0 N–H and O–H groups in total. The van der Waals surface area contributed by atoms with Crippen molar-refractivity contribution in [2.24, 2.45) is 0 Å². The Labute approximate surface area is 293 Å². The molecular formula is C46H28N4O.